The quantitative estimate of drug-likeness (QED) is 0.872. The van der Waals surface area contributed by atoms with Crippen molar-refractivity contribution in [2.45, 2.75) is 18.8 Å². The molecule has 1 aromatic rings. The molecule has 0 aromatic heterocycles. The van der Waals surface area contributed by atoms with Crippen molar-refractivity contribution in [2.24, 2.45) is 0 Å². The Bertz CT molecular complexity index is 395. The Labute approximate surface area is 115 Å². The summed E-state index contributed by atoms with van der Waals surface area (Å²) in [6.07, 6.45) is 0.196. The van der Waals surface area contributed by atoms with Gasteiger partial charge in [0.15, 0.2) is 0 Å². The number of nitrogens with zero attached hydrogens (tertiary/aromatic N) is 1. The van der Waals surface area contributed by atoms with E-state index in [2.05, 4.69) is 41.5 Å². The van der Waals surface area contributed by atoms with Crippen LogP contribution >= 0.6 is 0 Å². The van der Waals surface area contributed by atoms with Crippen LogP contribution in [0.25, 0.3) is 0 Å². The van der Waals surface area contributed by atoms with E-state index in [9.17, 15) is 0 Å². The molecule has 0 saturated carbocycles. The minimum absolute atomic E-state index is 0.196. The van der Waals surface area contributed by atoms with Gasteiger partial charge in [0.05, 0.1) is 25.4 Å². The molecule has 2 unspecified atom stereocenters. The van der Waals surface area contributed by atoms with E-state index in [1.807, 2.05) is 7.05 Å². The number of nitrogens with one attached hydrogen (secondary N) is 1. The Kier molecular flexibility index (Phi) is 5.34. The van der Waals surface area contributed by atoms with E-state index in [4.69, 9.17) is 9.47 Å². The summed E-state index contributed by atoms with van der Waals surface area (Å²) in [4.78, 5) is 2.37. The first-order valence-corrected chi connectivity index (χ1v) is 6.80. The van der Waals surface area contributed by atoms with Crippen LogP contribution in [0.5, 0.6) is 0 Å². The fourth-order valence-corrected chi connectivity index (χ4v) is 2.74. The van der Waals surface area contributed by atoms with Gasteiger partial charge in [-0.25, -0.2) is 0 Å². The molecule has 1 saturated heterocycles. The fourth-order valence-electron chi connectivity index (χ4n) is 2.74. The van der Waals surface area contributed by atoms with E-state index < -0.39 is 0 Å². The third-order valence-corrected chi connectivity index (χ3v) is 3.61. The molecule has 0 bridgehead atoms. The van der Waals surface area contributed by atoms with Crippen molar-refractivity contribution in [3.8, 4) is 0 Å². The maximum Gasteiger partial charge on any atom is 0.0896 e. The lowest BCUT2D eigenvalue weighted by molar-refractivity contribution is -0.0606. The maximum absolute atomic E-state index is 5.92. The molecule has 0 amide bonds. The second kappa shape index (κ2) is 7.01. The Morgan fingerprint density at radius 2 is 2.32 bits per heavy atom. The van der Waals surface area contributed by atoms with Crippen molar-refractivity contribution < 1.29 is 9.47 Å². The third kappa shape index (κ3) is 3.54. The van der Waals surface area contributed by atoms with Gasteiger partial charge >= 0.3 is 0 Å². The van der Waals surface area contributed by atoms with Crippen LogP contribution in [0.4, 0.5) is 0 Å². The molecule has 0 spiro atoms. The summed E-state index contributed by atoms with van der Waals surface area (Å²) in [7, 11) is 5.86. The Hall–Kier alpha value is -0.940. The van der Waals surface area contributed by atoms with Crippen molar-refractivity contribution in [3.63, 3.8) is 0 Å². The van der Waals surface area contributed by atoms with Crippen molar-refractivity contribution >= 4 is 0 Å². The summed E-state index contributed by atoms with van der Waals surface area (Å²) in [5.74, 6) is 0. The van der Waals surface area contributed by atoms with Crippen LogP contribution in [0, 0.1) is 0 Å². The lowest BCUT2D eigenvalue weighted by atomic mass is 9.97. The normalized spacial score (nSPS) is 24.6. The number of benzene rings is 1. The summed E-state index contributed by atoms with van der Waals surface area (Å²) < 4.78 is 11.1. The smallest absolute Gasteiger partial charge is 0.0896 e. The number of hydrogen-bond donors (Lipinski definition) is 1. The molecule has 106 valence electrons. The molecule has 1 aliphatic rings. The van der Waals surface area contributed by atoms with E-state index in [-0.39, 0.29) is 6.10 Å². The van der Waals surface area contributed by atoms with E-state index >= 15 is 0 Å². The zero-order chi connectivity index (χ0) is 13.7. The monoisotopic (exact) mass is 264 g/mol. The zero-order valence-corrected chi connectivity index (χ0v) is 12.1. The molecular formula is C15H24N2O2. The summed E-state index contributed by atoms with van der Waals surface area (Å²) in [5, 5.41) is 3.22. The molecule has 2 atom stereocenters. The van der Waals surface area contributed by atoms with E-state index in [1.54, 1.807) is 7.11 Å². The molecule has 1 aliphatic heterocycles. The fraction of sp³-hybridized carbons (Fsp3) is 0.600. The molecule has 0 aliphatic carbocycles. The number of morpholine rings is 1. The highest BCUT2D eigenvalue weighted by molar-refractivity contribution is 5.27. The second-order valence-corrected chi connectivity index (χ2v) is 5.07. The van der Waals surface area contributed by atoms with Crippen molar-refractivity contribution in [1.82, 2.24) is 10.2 Å². The van der Waals surface area contributed by atoms with E-state index in [0.29, 0.717) is 12.6 Å². The van der Waals surface area contributed by atoms with Gasteiger partial charge < -0.3 is 14.8 Å². The Morgan fingerprint density at radius 3 is 3.05 bits per heavy atom. The lowest BCUT2D eigenvalue weighted by Crippen LogP contribution is -2.47. The van der Waals surface area contributed by atoms with Crippen LogP contribution < -0.4 is 5.32 Å². The number of methoxy groups -OCH3 is 1. The average molecular weight is 264 g/mol. The van der Waals surface area contributed by atoms with Gasteiger partial charge in [-0.1, -0.05) is 24.3 Å². The highest BCUT2D eigenvalue weighted by Crippen LogP contribution is 2.28. The van der Waals surface area contributed by atoms with Crippen LogP contribution in [0.15, 0.2) is 24.3 Å². The van der Waals surface area contributed by atoms with Gasteiger partial charge in [-0.3, -0.25) is 4.90 Å². The second-order valence-electron chi connectivity index (χ2n) is 5.07. The van der Waals surface area contributed by atoms with Gasteiger partial charge in [-0.2, -0.15) is 0 Å². The highest BCUT2D eigenvalue weighted by Gasteiger charge is 2.30. The number of hydrogen-bond acceptors (Lipinski definition) is 4. The maximum atomic E-state index is 5.92. The summed E-state index contributed by atoms with van der Waals surface area (Å²) in [6.45, 7) is 3.29. The molecule has 1 N–H and O–H groups in total. The average Bonchev–Trinajstić information content (AvgIpc) is 2.40. The van der Waals surface area contributed by atoms with Gasteiger partial charge in [-0.05, 0) is 25.2 Å². The SMILES string of the molecule is CNCC1OCCN(C)C1c1cccc(COC)c1. The predicted molar refractivity (Wildman–Crippen MR) is 76.2 cm³/mol. The minimum atomic E-state index is 0.196. The van der Waals surface area contributed by atoms with Crippen molar-refractivity contribution in [1.29, 1.82) is 0 Å². The first-order chi connectivity index (χ1) is 9.26. The summed E-state index contributed by atoms with van der Waals surface area (Å²) in [5.41, 5.74) is 2.51. The first-order valence-electron chi connectivity index (χ1n) is 6.80. The first kappa shape index (κ1) is 14.5. The lowest BCUT2D eigenvalue weighted by Gasteiger charge is -2.39. The standard InChI is InChI=1S/C15H24N2O2/c1-16-10-14-15(17(2)7-8-19-14)13-6-4-5-12(9-13)11-18-3/h4-6,9,14-16H,7-8,10-11H2,1-3H3. The topological polar surface area (TPSA) is 33.7 Å². The van der Waals surface area contributed by atoms with Gasteiger partial charge in [0.25, 0.3) is 0 Å². The molecule has 0 radical (unpaired) electrons. The molecule has 1 heterocycles. The van der Waals surface area contributed by atoms with Crippen LogP contribution in [0.2, 0.25) is 0 Å². The van der Waals surface area contributed by atoms with Gasteiger partial charge in [0.1, 0.15) is 0 Å². The molecule has 1 fully saturated rings. The van der Waals surface area contributed by atoms with E-state index in [0.717, 1.165) is 19.7 Å². The predicted octanol–water partition coefficient (Wildman–Crippen LogP) is 1.42. The van der Waals surface area contributed by atoms with Gasteiger partial charge in [-0.15, -0.1) is 0 Å². The molecule has 4 heteroatoms. The highest BCUT2D eigenvalue weighted by atomic mass is 16.5. The van der Waals surface area contributed by atoms with Crippen molar-refractivity contribution in [2.75, 3.05) is 40.9 Å². The van der Waals surface area contributed by atoms with Gasteiger partial charge in [0.2, 0.25) is 0 Å². The van der Waals surface area contributed by atoms with E-state index in [1.165, 1.54) is 11.1 Å². The Morgan fingerprint density at radius 1 is 1.47 bits per heavy atom. The minimum Gasteiger partial charge on any atom is -0.380 e. The molecule has 1 aromatic carbocycles. The summed E-state index contributed by atoms with van der Waals surface area (Å²) >= 11 is 0. The number of likely N-dealkylation sites (N-methyl/N-ethyl adjacent to an activating group) is 2. The zero-order valence-electron chi connectivity index (χ0n) is 12.1. The van der Waals surface area contributed by atoms with Crippen LogP contribution in [0.3, 0.4) is 0 Å². The molecule has 2 rings (SSSR count). The third-order valence-electron chi connectivity index (χ3n) is 3.61. The Balaban J connectivity index is 2.22. The number of ether oxygens (including phenoxy) is 2. The number of rotatable bonds is 5. The van der Waals surface area contributed by atoms with Crippen LogP contribution in [-0.2, 0) is 16.1 Å². The van der Waals surface area contributed by atoms with Gasteiger partial charge in [0, 0.05) is 20.2 Å². The summed E-state index contributed by atoms with van der Waals surface area (Å²) in [6, 6.07) is 8.91. The molecular weight excluding hydrogens is 240 g/mol. The van der Waals surface area contributed by atoms with Crippen LogP contribution in [-0.4, -0.2) is 51.9 Å². The molecule has 4 nitrogen and oxygen atoms in total. The molecule has 19 heavy (non-hydrogen) atoms. The van der Waals surface area contributed by atoms with Crippen LogP contribution in [0.1, 0.15) is 17.2 Å². The van der Waals surface area contributed by atoms with Crippen molar-refractivity contribution in [3.05, 3.63) is 35.4 Å². The largest absolute Gasteiger partial charge is 0.380 e.